The highest BCUT2D eigenvalue weighted by atomic mass is 32.2. The fourth-order valence-corrected chi connectivity index (χ4v) is 2.48. The van der Waals surface area contributed by atoms with Crippen LogP contribution in [0.3, 0.4) is 0 Å². The number of thioether (sulfide) groups is 1. The molecule has 1 amide bonds. The Labute approximate surface area is 116 Å². The van der Waals surface area contributed by atoms with Gasteiger partial charge in [0.2, 0.25) is 11.1 Å². The molecule has 1 aromatic rings. The minimum absolute atomic E-state index is 0.0372. The zero-order chi connectivity index (χ0) is 13.7. The minimum Gasteiger partial charge on any atom is -0.335 e. The van der Waals surface area contributed by atoms with Gasteiger partial charge in [-0.3, -0.25) is 4.79 Å². The molecule has 1 aliphatic carbocycles. The van der Waals surface area contributed by atoms with Crippen LogP contribution < -0.4 is 0 Å². The van der Waals surface area contributed by atoms with Gasteiger partial charge in [0.15, 0.2) is 0 Å². The third kappa shape index (κ3) is 3.66. The smallest absolute Gasteiger partial charge is 0.233 e. The summed E-state index contributed by atoms with van der Waals surface area (Å²) in [5, 5.41) is 12.3. The molecule has 0 unspecified atom stereocenters. The molecule has 1 saturated carbocycles. The number of hydrogen-bond donors (Lipinski definition) is 0. The fourth-order valence-electron chi connectivity index (χ4n) is 1.64. The van der Waals surface area contributed by atoms with Crippen molar-refractivity contribution >= 4 is 17.7 Å². The van der Waals surface area contributed by atoms with Crippen molar-refractivity contribution in [2.45, 2.75) is 24.0 Å². The average molecular weight is 279 g/mol. The van der Waals surface area contributed by atoms with E-state index in [2.05, 4.69) is 28.7 Å². The van der Waals surface area contributed by atoms with E-state index in [1.54, 1.807) is 17.1 Å². The summed E-state index contributed by atoms with van der Waals surface area (Å²) in [5.41, 5.74) is 0. The molecule has 0 spiro atoms. The van der Waals surface area contributed by atoms with Crippen LogP contribution in [0, 0.1) is 0 Å². The summed E-state index contributed by atoms with van der Waals surface area (Å²) >= 11 is 1.38. The second-order valence-corrected chi connectivity index (χ2v) is 5.24. The highest BCUT2D eigenvalue weighted by molar-refractivity contribution is 7.99. The lowest BCUT2D eigenvalue weighted by Crippen LogP contribution is -2.32. The van der Waals surface area contributed by atoms with Crippen LogP contribution in [0.15, 0.2) is 30.5 Å². The molecular weight excluding hydrogens is 262 g/mol. The molecule has 0 aliphatic heterocycles. The Morgan fingerprint density at radius 1 is 1.42 bits per heavy atom. The average Bonchev–Trinajstić information content (AvgIpc) is 3.15. The van der Waals surface area contributed by atoms with Crippen molar-refractivity contribution in [1.29, 1.82) is 0 Å². The second-order valence-electron chi connectivity index (χ2n) is 4.30. The van der Waals surface area contributed by atoms with Crippen molar-refractivity contribution in [1.82, 2.24) is 25.1 Å². The Hall–Kier alpha value is -1.63. The number of amides is 1. The van der Waals surface area contributed by atoms with E-state index in [4.69, 9.17) is 0 Å². The highest BCUT2D eigenvalue weighted by Gasteiger charge is 2.28. The van der Waals surface area contributed by atoms with E-state index in [1.807, 2.05) is 4.68 Å². The minimum atomic E-state index is 0.0372. The topological polar surface area (TPSA) is 63.9 Å². The van der Waals surface area contributed by atoms with E-state index < -0.39 is 0 Å². The number of carbonyl (C=O) groups excluding carboxylic acids is 1. The molecule has 1 aromatic heterocycles. The van der Waals surface area contributed by atoms with Crippen molar-refractivity contribution in [2.75, 3.05) is 18.8 Å². The molecule has 7 heteroatoms. The van der Waals surface area contributed by atoms with Gasteiger partial charge in [-0.1, -0.05) is 23.9 Å². The summed E-state index contributed by atoms with van der Waals surface area (Å²) in [7, 11) is 0. The van der Waals surface area contributed by atoms with Gasteiger partial charge in [0, 0.05) is 13.1 Å². The second kappa shape index (κ2) is 6.51. The number of rotatable bonds is 8. The van der Waals surface area contributed by atoms with Crippen LogP contribution in [-0.4, -0.2) is 49.9 Å². The third-order valence-electron chi connectivity index (χ3n) is 2.73. The van der Waals surface area contributed by atoms with Gasteiger partial charge < -0.3 is 4.90 Å². The first kappa shape index (κ1) is 13.8. The predicted octanol–water partition coefficient (Wildman–Crippen LogP) is 1.30. The molecule has 6 nitrogen and oxygen atoms in total. The van der Waals surface area contributed by atoms with Crippen LogP contribution in [0.2, 0.25) is 0 Å². The number of nitrogens with zero attached hydrogens (tertiary/aromatic N) is 5. The Morgan fingerprint density at radius 3 is 2.68 bits per heavy atom. The van der Waals surface area contributed by atoms with E-state index in [0.717, 1.165) is 12.8 Å². The van der Waals surface area contributed by atoms with E-state index >= 15 is 0 Å². The maximum absolute atomic E-state index is 12.0. The molecule has 1 heterocycles. The molecular formula is C12H17N5OS. The van der Waals surface area contributed by atoms with Gasteiger partial charge in [0.25, 0.3) is 0 Å². The first-order valence-electron chi connectivity index (χ1n) is 6.16. The van der Waals surface area contributed by atoms with Crippen LogP contribution in [0.5, 0.6) is 0 Å². The summed E-state index contributed by atoms with van der Waals surface area (Å²) in [6.07, 6.45) is 5.65. The Balaban J connectivity index is 1.89. The lowest BCUT2D eigenvalue weighted by atomic mass is 10.4. The monoisotopic (exact) mass is 279 g/mol. The predicted molar refractivity (Wildman–Crippen MR) is 73.8 cm³/mol. The van der Waals surface area contributed by atoms with Crippen molar-refractivity contribution in [2.24, 2.45) is 0 Å². The summed E-state index contributed by atoms with van der Waals surface area (Å²) in [5.74, 6) is 0.365. The molecule has 0 N–H and O–H groups in total. The molecule has 102 valence electrons. The largest absolute Gasteiger partial charge is 0.335 e. The molecule has 2 rings (SSSR count). The van der Waals surface area contributed by atoms with Gasteiger partial charge in [0.05, 0.1) is 11.8 Å². The normalized spacial score (nSPS) is 14.1. The number of aromatic nitrogens is 4. The van der Waals surface area contributed by atoms with Gasteiger partial charge in [-0.25, -0.2) is 4.68 Å². The highest BCUT2D eigenvalue weighted by Crippen LogP contribution is 2.36. The summed E-state index contributed by atoms with van der Waals surface area (Å²) in [4.78, 5) is 13.7. The molecule has 0 atom stereocenters. The number of hydrogen-bond acceptors (Lipinski definition) is 5. The Bertz CT molecular complexity index is 458. The van der Waals surface area contributed by atoms with Crippen LogP contribution in [0.1, 0.15) is 18.9 Å². The summed E-state index contributed by atoms with van der Waals surface area (Å²) < 4.78 is 1.81. The molecule has 1 aliphatic rings. The molecule has 0 aromatic carbocycles. The van der Waals surface area contributed by atoms with Gasteiger partial charge >= 0.3 is 0 Å². The van der Waals surface area contributed by atoms with Gasteiger partial charge in [-0.2, -0.15) is 0 Å². The third-order valence-corrected chi connectivity index (χ3v) is 3.65. The van der Waals surface area contributed by atoms with E-state index in [0.29, 0.717) is 30.0 Å². The Morgan fingerprint density at radius 2 is 2.11 bits per heavy atom. The summed E-state index contributed by atoms with van der Waals surface area (Å²) in [6.45, 7) is 8.35. The maximum atomic E-state index is 12.0. The fraction of sp³-hybridized carbons (Fsp3) is 0.500. The van der Waals surface area contributed by atoms with Crippen molar-refractivity contribution in [3.05, 3.63) is 25.3 Å². The maximum Gasteiger partial charge on any atom is 0.233 e. The summed E-state index contributed by atoms with van der Waals surface area (Å²) in [6, 6.07) is 0.421. The number of tetrazole rings is 1. The van der Waals surface area contributed by atoms with Gasteiger partial charge in [-0.05, 0) is 23.3 Å². The molecule has 1 fully saturated rings. The zero-order valence-corrected chi connectivity index (χ0v) is 11.6. The van der Waals surface area contributed by atoms with Crippen molar-refractivity contribution < 1.29 is 4.79 Å². The molecule has 0 radical (unpaired) electrons. The van der Waals surface area contributed by atoms with Crippen LogP contribution in [0.25, 0.3) is 0 Å². The van der Waals surface area contributed by atoms with E-state index in [1.165, 1.54) is 11.8 Å². The molecule has 0 bridgehead atoms. The van der Waals surface area contributed by atoms with Gasteiger partial charge in [-0.15, -0.1) is 18.3 Å². The lowest BCUT2D eigenvalue weighted by molar-refractivity contribution is -0.127. The zero-order valence-electron chi connectivity index (χ0n) is 10.7. The standard InChI is InChI=1S/C12H17N5OS/c1-3-7-16(8-4-2)11(18)9-19-12-13-14-15-17(12)10-5-6-10/h3-4,10H,1-2,5-9H2. The van der Waals surface area contributed by atoms with E-state index in [-0.39, 0.29) is 5.91 Å². The van der Waals surface area contributed by atoms with Crippen LogP contribution in [0.4, 0.5) is 0 Å². The Kier molecular flexibility index (Phi) is 4.73. The van der Waals surface area contributed by atoms with Crippen molar-refractivity contribution in [3.63, 3.8) is 0 Å². The quantitative estimate of drug-likeness (QED) is 0.530. The van der Waals surface area contributed by atoms with Crippen molar-refractivity contribution in [3.8, 4) is 0 Å². The SMILES string of the molecule is C=CCN(CC=C)C(=O)CSc1nnnn1C1CC1. The molecule has 0 saturated heterocycles. The first-order chi connectivity index (χ1) is 9.26. The number of carbonyl (C=O) groups is 1. The lowest BCUT2D eigenvalue weighted by Gasteiger charge is -2.18. The van der Waals surface area contributed by atoms with E-state index in [9.17, 15) is 4.79 Å². The van der Waals surface area contributed by atoms with Gasteiger partial charge in [0.1, 0.15) is 0 Å². The van der Waals surface area contributed by atoms with Crippen LogP contribution in [-0.2, 0) is 4.79 Å². The molecule has 19 heavy (non-hydrogen) atoms. The first-order valence-corrected chi connectivity index (χ1v) is 7.15. The van der Waals surface area contributed by atoms with Crippen LogP contribution >= 0.6 is 11.8 Å².